The smallest absolute Gasteiger partial charge is 0.332 e. The number of anilines is 1. The van der Waals surface area contributed by atoms with Gasteiger partial charge in [0.2, 0.25) is 0 Å². The van der Waals surface area contributed by atoms with Crippen molar-refractivity contribution in [3.63, 3.8) is 0 Å². The minimum atomic E-state index is -0.498. The van der Waals surface area contributed by atoms with Crippen LogP contribution in [0.4, 0.5) is 5.82 Å². The third-order valence-corrected chi connectivity index (χ3v) is 6.07. The molecule has 0 radical (unpaired) electrons. The van der Waals surface area contributed by atoms with Crippen molar-refractivity contribution in [2.45, 2.75) is 51.5 Å². The number of unbranched alkanes of at least 4 members (excludes halogenated alkanes) is 1. The highest BCUT2D eigenvalue weighted by atomic mass is 16.5. The van der Waals surface area contributed by atoms with Gasteiger partial charge in [-0.2, -0.15) is 0 Å². The van der Waals surface area contributed by atoms with Gasteiger partial charge in [0.15, 0.2) is 5.78 Å². The number of Topliss-reactive ketones (excluding diaryl/α,β-unsaturated/α-hetero) is 1. The summed E-state index contributed by atoms with van der Waals surface area (Å²) in [5, 5.41) is 3.32. The second kappa shape index (κ2) is 7.97. The molecule has 0 saturated heterocycles. The van der Waals surface area contributed by atoms with Crippen LogP contribution in [0, 0.1) is 0 Å². The van der Waals surface area contributed by atoms with E-state index in [2.05, 4.69) is 12.2 Å². The molecule has 30 heavy (non-hydrogen) atoms. The maximum Gasteiger partial charge on any atom is 0.332 e. The zero-order valence-corrected chi connectivity index (χ0v) is 17.7. The van der Waals surface area contributed by atoms with Crippen LogP contribution in [-0.4, -0.2) is 22.0 Å². The second-order valence-electron chi connectivity index (χ2n) is 7.91. The lowest BCUT2D eigenvalue weighted by atomic mass is 9.76. The zero-order valence-electron chi connectivity index (χ0n) is 17.7. The first-order chi connectivity index (χ1) is 14.5. The minimum absolute atomic E-state index is 0.0589. The number of aromatic nitrogens is 2. The average molecular weight is 409 g/mol. The van der Waals surface area contributed by atoms with Gasteiger partial charge < -0.3 is 10.1 Å². The van der Waals surface area contributed by atoms with Crippen molar-refractivity contribution in [2.24, 2.45) is 7.05 Å². The molecule has 4 rings (SSSR count). The Morgan fingerprint density at radius 1 is 1.13 bits per heavy atom. The molecular weight excluding hydrogens is 382 g/mol. The second-order valence-corrected chi connectivity index (χ2v) is 7.91. The van der Waals surface area contributed by atoms with Crippen LogP contribution in [-0.2, 0) is 18.4 Å². The molecule has 158 valence electrons. The van der Waals surface area contributed by atoms with Crippen LogP contribution in [0.3, 0.4) is 0 Å². The summed E-state index contributed by atoms with van der Waals surface area (Å²) in [5.74, 6) is 0.800. The predicted molar refractivity (Wildman–Crippen MR) is 115 cm³/mol. The lowest BCUT2D eigenvalue weighted by molar-refractivity contribution is -0.116. The van der Waals surface area contributed by atoms with Crippen LogP contribution in [0.25, 0.3) is 0 Å². The molecule has 1 aliphatic carbocycles. The Kier molecular flexibility index (Phi) is 5.37. The molecule has 2 aromatic rings. The summed E-state index contributed by atoms with van der Waals surface area (Å²) in [7, 11) is 3.10. The van der Waals surface area contributed by atoms with Crippen molar-refractivity contribution in [2.75, 3.05) is 12.4 Å². The summed E-state index contributed by atoms with van der Waals surface area (Å²) >= 11 is 0. The maximum absolute atomic E-state index is 13.3. The van der Waals surface area contributed by atoms with Crippen LogP contribution in [0.15, 0.2) is 45.1 Å². The van der Waals surface area contributed by atoms with Gasteiger partial charge in [0, 0.05) is 37.2 Å². The van der Waals surface area contributed by atoms with Gasteiger partial charge in [-0.3, -0.25) is 18.7 Å². The van der Waals surface area contributed by atoms with Crippen molar-refractivity contribution in [3.05, 3.63) is 67.5 Å². The minimum Gasteiger partial charge on any atom is -0.497 e. The monoisotopic (exact) mass is 409 g/mol. The van der Waals surface area contributed by atoms with Crippen molar-refractivity contribution in [1.82, 2.24) is 9.13 Å². The van der Waals surface area contributed by atoms with Crippen molar-refractivity contribution in [1.29, 1.82) is 0 Å². The van der Waals surface area contributed by atoms with E-state index in [1.54, 1.807) is 11.7 Å². The molecule has 7 heteroatoms. The molecule has 2 aliphatic rings. The normalized spacial score (nSPS) is 18.0. The first kappa shape index (κ1) is 20.2. The van der Waals surface area contributed by atoms with Gasteiger partial charge in [-0.05, 0) is 37.0 Å². The molecule has 0 spiro atoms. The fourth-order valence-electron chi connectivity index (χ4n) is 4.45. The number of fused-ring (bicyclic) bond motifs is 1. The molecule has 1 N–H and O–H groups in total. The lowest BCUT2D eigenvalue weighted by Gasteiger charge is -2.35. The van der Waals surface area contributed by atoms with E-state index in [-0.39, 0.29) is 17.0 Å². The van der Waals surface area contributed by atoms with Crippen molar-refractivity contribution >= 4 is 11.6 Å². The summed E-state index contributed by atoms with van der Waals surface area (Å²) < 4.78 is 8.08. The van der Waals surface area contributed by atoms with Crippen LogP contribution in [0.5, 0.6) is 5.75 Å². The molecular formula is C23H27N3O4. The average Bonchev–Trinajstić information content (AvgIpc) is 2.76. The molecule has 0 amide bonds. The number of allylic oxidation sites excluding steroid dienone is 2. The zero-order chi connectivity index (χ0) is 21.4. The third-order valence-electron chi connectivity index (χ3n) is 6.07. The number of hydrogen-bond donors (Lipinski definition) is 1. The number of benzene rings is 1. The number of rotatable bonds is 5. The van der Waals surface area contributed by atoms with Gasteiger partial charge in [0.25, 0.3) is 5.56 Å². The van der Waals surface area contributed by atoms with E-state index in [9.17, 15) is 14.4 Å². The van der Waals surface area contributed by atoms with Gasteiger partial charge >= 0.3 is 5.69 Å². The quantitative estimate of drug-likeness (QED) is 0.821. The maximum atomic E-state index is 13.3. The number of hydrogen-bond acceptors (Lipinski definition) is 5. The van der Waals surface area contributed by atoms with E-state index >= 15 is 0 Å². The Morgan fingerprint density at radius 2 is 1.87 bits per heavy atom. The Hall–Kier alpha value is -3.09. The fraction of sp³-hybridized carbons (Fsp3) is 0.435. The van der Waals surface area contributed by atoms with Gasteiger partial charge in [-0.25, -0.2) is 4.79 Å². The van der Waals surface area contributed by atoms with Crippen LogP contribution in [0.1, 0.15) is 56.1 Å². The molecule has 0 unspecified atom stereocenters. The summed E-state index contributed by atoms with van der Waals surface area (Å²) in [6.45, 7) is 2.58. The molecule has 0 bridgehead atoms. The van der Waals surface area contributed by atoms with Crippen LogP contribution < -0.4 is 21.3 Å². The topological polar surface area (TPSA) is 82.3 Å². The lowest BCUT2D eigenvalue weighted by Crippen LogP contribution is -2.44. The first-order valence-electron chi connectivity index (χ1n) is 10.5. The number of nitrogens with zero attached hydrogens (tertiary/aromatic N) is 2. The number of nitrogens with one attached hydrogen (secondary N) is 1. The van der Waals surface area contributed by atoms with E-state index in [1.165, 1.54) is 7.05 Å². The molecule has 0 fully saturated rings. The van der Waals surface area contributed by atoms with Gasteiger partial charge in [-0.1, -0.05) is 25.5 Å². The van der Waals surface area contributed by atoms with E-state index < -0.39 is 5.92 Å². The molecule has 1 aromatic carbocycles. The summed E-state index contributed by atoms with van der Waals surface area (Å²) in [5.41, 5.74) is 2.10. The standard InChI is InChI=1S/C23H27N3O4/c1-4-5-13-26-21-20(22(28)25(2)23(26)29)18(14-9-11-15(30-3)12-10-14)19-16(24-21)7-6-8-17(19)27/h9-12,18,24H,4-8,13H2,1-3H3/t18-/m0/s1. The van der Waals surface area contributed by atoms with Gasteiger partial charge in [0.1, 0.15) is 11.6 Å². The fourth-order valence-corrected chi connectivity index (χ4v) is 4.45. The highest BCUT2D eigenvalue weighted by Gasteiger charge is 2.38. The Balaban J connectivity index is 2.01. The van der Waals surface area contributed by atoms with Crippen molar-refractivity contribution < 1.29 is 9.53 Å². The van der Waals surface area contributed by atoms with Gasteiger partial charge in [-0.15, -0.1) is 0 Å². The molecule has 1 aromatic heterocycles. The molecule has 7 nitrogen and oxygen atoms in total. The Labute approximate surface area is 175 Å². The number of carbonyl (C=O) groups is 1. The van der Waals surface area contributed by atoms with Crippen LogP contribution in [0.2, 0.25) is 0 Å². The predicted octanol–water partition coefficient (Wildman–Crippen LogP) is 2.92. The van der Waals surface area contributed by atoms with E-state index in [1.807, 2.05) is 24.3 Å². The SMILES string of the molecule is CCCCn1c2c(c(=O)n(C)c1=O)[C@@H](c1ccc(OC)cc1)C1=C(CCCC1=O)N2. The molecule has 0 saturated carbocycles. The van der Waals surface area contributed by atoms with E-state index in [0.29, 0.717) is 35.7 Å². The van der Waals surface area contributed by atoms with E-state index in [0.717, 1.165) is 41.5 Å². The van der Waals surface area contributed by atoms with Gasteiger partial charge in [0.05, 0.1) is 12.7 Å². The molecule has 1 atom stereocenters. The highest BCUT2D eigenvalue weighted by molar-refractivity contribution is 6.00. The van der Waals surface area contributed by atoms with Crippen LogP contribution >= 0.6 is 0 Å². The molecule has 1 aliphatic heterocycles. The Bertz CT molecular complexity index is 1140. The number of methoxy groups -OCH3 is 1. The number of carbonyl (C=O) groups excluding carboxylic acids is 1. The number of ether oxygens (including phenoxy) is 1. The highest BCUT2D eigenvalue weighted by Crippen LogP contribution is 2.43. The van der Waals surface area contributed by atoms with Crippen molar-refractivity contribution in [3.8, 4) is 5.75 Å². The van der Waals surface area contributed by atoms with E-state index in [4.69, 9.17) is 4.74 Å². The number of ketones is 1. The Morgan fingerprint density at radius 3 is 2.53 bits per heavy atom. The largest absolute Gasteiger partial charge is 0.497 e. The third kappa shape index (κ3) is 3.18. The molecule has 2 heterocycles. The summed E-state index contributed by atoms with van der Waals surface area (Å²) in [4.78, 5) is 39.2. The summed E-state index contributed by atoms with van der Waals surface area (Å²) in [6.07, 6.45) is 3.71. The summed E-state index contributed by atoms with van der Waals surface area (Å²) in [6, 6.07) is 7.46. The first-order valence-corrected chi connectivity index (χ1v) is 10.5.